The average molecular weight is 491 g/mol. The minimum atomic E-state index is -0.895. The van der Waals surface area contributed by atoms with Gasteiger partial charge in [-0.2, -0.15) is 5.10 Å². The van der Waals surface area contributed by atoms with Crippen LogP contribution >= 0.6 is 38.5 Å². The van der Waals surface area contributed by atoms with E-state index in [1.807, 2.05) is 6.92 Å². The summed E-state index contributed by atoms with van der Waals surface area (Å²) in [4.78, 5) is 4.13. The second-order valence-electron chi connectivity index (χ2n) is 4.89. The lowest BCUT2D eigenvalue weighted by molar-refractivity contribution is 0.212. The van der Waals surface area contributed by atoms with Crippen LogP contribution < -0.4 is 0 Å². The zero-order valence-electron chi connectivity index (χ0n) is 12.1. The van der Waals surface area contributed by atoms with E-state index in [1.54, 1.807) is 34.0 Å². The molecule has 0 fully saturated rings. The highest BCUT2D eigenvalue weighted by Gasteiger charge is 2.22. The zero-order valence-corrected chi connectivity index (χ0v) is 15.9. The minimum absolute atomic E-state index is 0.299. The number of halogens is 3. The van der Waals surface area contributed by atoms with E-state index in [4.69, 9.17) is 0 Å². The molecule has 5 nitrogen and oxygen atoms in total. The number of hydrogen-bond acceptors (Lipinski definition) is 3. The maximum Gasteiger partial charge on any atom is 0.125 e. The van der Waals surface area contributed by atoms with Crippen LogP contribution in [0.2, 0.25) is 0 Å². The van der Waals surface area contributed by atoms with Crippen molar-refractivity contribution in [2.24, 2.45) is 0 Å². The Bertz CT molecular complexity index is 848. The summed E-state index contributed by atoms with van der Waals surface area (Å²) in [6, 6.07) is 4.50. The van der Waals surface area contributed by atoms with Crippen molar-refractivity contribution >= 4 is 38.5 Å². The summed E-state index contributed by atoms with van der Waals surface area (Å²) in [7, 11) is 0. The molecule has 0 aliphatic carbocycles. The van der Waals surface area contributed by atoms with Gasteiger partial charge in [-0.05, 0) is 63.6 Å². The lowest BCUT2D eigenvalue weighted by Crippen LogP contribution is -2.08. The maximum absolute atomic E-state index is 13.3. The molecule has 3 rings (SSSR count). The number of nitrogens with zero attached hydrogens (tertiary/aromatic N) is 4. The molecule has 1 N–H and O–H groups in total. The summed E-state index contributed by atoms with van der Waals surface area (Å²) < 4.78 is 18.3. The number of aliphatic hydroxyl groups excluding tert-OH is 1. The Kier molecular flexibility index (Phi) is 4.83. The molecular weight excluding hydrogens is 478 g/mol. The van der Waals surface area contributed by atoms with E-state index in [1.165, 1.54) is 12.1 Å². The second kappa shape index (κ2) is 6.70. The highest BCUT2D eigenvalue weighted by molar-refractivity contribution is 14.1. The number of aryl methyl sites for hydroxylation is 1. The van der Waals surface area contributed by atoms with E-state index < -0.39 is 6.10 Å². The monoisotopic (exact) mass is 490 g/mol. The van der Waals surface area contributed by atoms with Crippen LogP contribution in [-0.2, 0) is 6.54 Å². The third-order valence-electron chi connectivity index (χ3n) is 3.51. The topological polar surface area (TPSA) is 55.9 Å². The molecule has 3 aromatic rings. The van der Waals surface area contributed by atoms with Crippen LogP contribution in [0.5, 0.6) is 0 Å². The van der Waals surface area contributed by atoms with Crippen LogP contribution in [0.1, 0.15) is 24.3 Å². The van der Waals surface area contributed by atoms with Crippen molar-refractivity contribution in [3.63, 3.8) is 0 Å². The molecule has 0 bridgehead atoms. The fourth-order valence-corrected chi connectivity index (χ4v) is 3.73. The number of benzene rings is 1. The van der Waals surface area contributed by atoms with Gasteiger partial charge in [-0.1, -0.05) is 0 Å². The molecule has 1 unspecified atom stereocenters. The summed E-state index contributed by atoms with van der Waals surface area (Å²) in [5, 5.41) is 15.0. The van der Waals surface area contributed by atoms with Crippen LogP contribution in [-0.4, -0.2) is 24.4 Å². The Morgan fingerprint density at radius 3 is 2.83 bits per heavy atom. The zero-order chi connectivity index (χ0) is 16.6. The summed E-state index contributed by atoms with van der Waals surface area (Å²) in [6.07, 6.45) is 3.94. The van der Waals surface area contributed by atoms with Gasteiger partial charge >= 0.3 is 0 Å². The molecule has 0 radical (unpaired) electrons. The lowest BCUT2D eigenvalue weighted by atomic mass is 10.1. The molecule has 0 aliphatic rings. The largest absolute Gasteiger partial charge is 0.382 e. The molecular formula is C15H13BrFIN4O. The number of aromatic nitrogens is 4. The average Bonchev–Trinajstić information content (AvgIpc) is 3.13. The van der Waals surface area contributed by atoms with Gasteiger partial charge in [0, 0.05) is 15.7 Å². The van der Waals surface area contributed by atoms with E-state index in [0.29, 0.717) is 17.8 Å². The number of hydrogen-bond donors (Lipinski definition) is 1. The Labute approximate surface area is 154 Å². The SMILES string of the molecule is CCn1ncc(C(O)c2cncn2-c2ccc(F)cc2I)c1Br. The first-order chi connectivity index (χ1) is 11.0. The Morgan fingerprint density at radius 1 is 1.39 bits per heavy atom. The molecule has 0 saturated carbocycles. The van der Waals surface area contributed by atoms with E-state index >= 15 is 0 Å². The molecule has 2 heterocycles. The predicted molar refractivity (Wildman–Crippen MR) is 95.9 cm³/mol. The molecule has 23 heavy (non-hydrogen) atoms. The van der Waals surface area contributed by atoms with Crippen LogP contribution in [0.25, 0.3) is 5.69 Å². The highest BCUT2D eigenvalue weighted by Crippen LogP contribution is 2.30. The van der Waals surface area contributed by atoms with Crippen LogP contribution in [0.3, 0.4) is 0 Å². The van der Waals surface area contributed by atoms with Gasteiger partial charge in [0.2, 0.25) is 0 Å². The molecule has 8 heteroatoms. The van der Waals surface area contributed by atoms with E-state index in [9.17, 15) is 9.50 Å². The Morgan fingerprint density at radius 2 is 2.17 bits per heavy atom. The smallest absolute Gasteiger partial charge is 0.125 e. The van der Waals surface area contributed by atoms with Gasteiger partial charge in [-0.25, -0.2) is 9.37 Å². The minimum Gasteiger partial charge on any atom is -0.382 e. The van der Waals surface area contributed by atoms with Gasteiger partial charge in [0.15, 0.2) is 0 Å². The Hall–Kier alpha value is -1.26. The fraction of sp³-hybridized carbons (Fsp3) is 0.200. The van der Waals surface area contributed by atoms with Crippen molar-refractivity contribution < 1.29 is 9.50 Å². The summed E-state index contributed by atoms with van der Waals surface area (Å²) >= 11 is 5.52. The van der Waals surface area contributed by atoms with Gasteiger partial charge in [0.25, 0.3) is 0 Å². The highest BCUT2D eigenvalue weighted by atomic mass is 127. The quantitative estimate of drug-likeness (QED) is 0.567. The first-order valence-corrected chi connectivity index (χ1v) is 8.77. The van der Waals surface area contributed by atoms with Crippen LogP contribution in [0, 0.1) is 9.39 Å². The third kappa shape index (κ3) is 3.07. The summed E-state index contributed by atoms with van der Waals surface area (Å²) in [6.45, 7) is 2.67. The molecule has 0 saturated heterocycles. The first kappa shape index (κ1) is 16.6. The molecule has 0 aliphatic heterocycles. The fourth-order valence-electron chi connectivity index (χ4n) is 2.33. The van der Waals surface area contributed by atoms with Crippen molar-refractivity contribution in [2.45, 2.75) is 19.6 Å². The number of imidazole rings is 1. The normalized spacial score (nSPS) is 12.6. The Balaban J connectivity index is 2.05. The maximum atomic E-state index is 13.3. The first-order valence-electron chi connectivity index (χ1n) is 6.89. The summed E-state index contributed by atoms with van der Waals surface area (Å²) in [5.41, 5.74) is 2.01. The van der Waals surface area contributed by atoms with Crippen molar-refractivity contribution in [3.8, 4) is 5.69 Å². The van der Waals surface area contributed by atoms with Crippen LogP contribution in [0.4, 0.5) is 4.39 Å². The van der Waals surface area contributed by atoms with Crippen molar-refractivity contribution in [3.05, 3.63) is 62.2 Å². The molecule has 1 atom stereocenters. The van der Waals surface area contributed by atoms with Crippen LogP contribution in [0.15, 0.2) is 41.5 Å². The van der Waals surface area contributed by atoms with E-state index in [-0.39, 0.29) is 5.82 Å². The van der Waals surface area contributed by atoms with Gasteiger partial charge < -0.3 is 5.11 Å². The van der Waals surface area contributed by atoms with Crippen molar-refractivity contribution in [1.82, 2.24) is 19.3 Å². The number of rotatable bonds is 4. The van der Waals surface area contributed by atoms with Crippen molar-refractivity contribution in [1.29, 1.82) is 0 Å². The molecule has 0 amide bonds. The van der Waals surface area contributed by atoms with Gasteiger partial charge in [-0.15, -0.1) is 0 Å². The van der Waals surface area contributed by atoms with E-state index in [2.05, 4.69) is 48.6 Å². The van der Waals surface area contributed by atoms with Gasteiger partial charge in [0.05, 0.1) is 30.1 Å². The molecule has 0 spiro atoms. The van der Waals surface area contributed by atoms with Crippen molar-refractivity contribution in [2.75, 3.05) is 0 Å². The summed E-state index contributed by atoms with van der Waals surface area (Å²) in [5.74, 6) is -0.299. The number of aliphatic hydroxyl groups is 1. The molecule has 2 aromatic heterocycles. The van der Waals surface area contributed by atoms with E-state index in [0.717, 1.165) is 13.9 Å². The molecule has 1 aromatic carbocycles. The molecule has 120 valence electrons. The van der Waals surface area contributed by atoms with Gasteiger partial charge in [0.1, 0.15) is 16.5 Å². The van der Waals surface area contributed by atoms with Gasteiger partial charge in [-0.3, -0.25) is 9.25 Å². The standard InChI is InChI=1S/C15H13BrFIN4O/c1-2-22-15(16)10(6-20-22)14(23)13-7-19-8-21(13)12-4-3-9(17)5-11(12)18/h3-8,14,23H,2H2,1H3. The predicted octanol–water partition coefficient (Wildman–Crippen LogP) is 3.68. The lowest BCUT2D eigenvalue weighted by Gasteiger charge is -2.14. The second-order valence-corrected chi connectivity index (χ2v) is 6.81. The third-order valence-corrected chi connectivity index (χ3v) is 5.24.